The summed E-state index contributed by atoms with van der Waals surface area (Å²) in [6, 6.07) is 42.6. The molecule has 0 saturated carbocycles. The number of aryl methyl sites for hydroxylation is 6. The lowest BCUT2D eigenvalue weighted by molar-refractivity contribution is -0.568. The van der Waals surface area contributed by atoms with Gasteiger partial charge in [-0.15, -0.1) is 0 Å². The predicted octanol–water partition coefficient (Wildman–Crippen LogP) is 11.1. The van der Waals surface area contributed by atoms with E-state index in [1.807, 2.05) is 53.3 Å². The monoisotopic (exact) mass is 665 g/mol. The Labute approximate surface area is 299 Å². The van der Waals surface area contributed by atoms with Crippen molar-refractivity contribution in [3.63, 3.8) is 0 Å². The van der Waals surface area contributed by atoms with E-state index in [9.17, 15) is 0 Å². The molecule has 0 radical (unpaired) electrons. The Morgan fingerprint density at radius 3 is 2.00 bits per heavy atom. The molecule has 8 aromatic rings. The van der Waals surface area contributed by atoms with Gasteiger partial charge in [-0.05, 0) is 111 Å². The standard InChI is InChI=1S/C46H41N4O/c1-30-21-32(3)45(33(4)22-30)41-20-19-40(51-39-16-12-15-38(25-39)50-28-37(27-47-50)36-13-8-7-9-14-36)26-44(41)48-29-49(43-18-11-10-17-42(43)48)46-34(5)23-31(2)24-35(46)6/h7-29H,1-6H3/q+1. The molecule has 0 aliphatic heterocycles. The molecule has 0 aliphatic rings. The smallest absolute Gasteiger partial charge is 0.255 e. The predicted molar refractivity (Wildman–Crippen MR) is 208 cm³/mol. The number of ether oxygens (including phenoxy) is 1. The summed E-state index contributed by atoms with van der Waals surface area (Å²) < 4.78 is 13.2. The number of para-hydroxylation sites is 2. The van der Waals surface area contributed by atoms with E-state index < -0.39 is 0 Å². The highest BCUT2D eigenvalue weighted by atomic mass is 16.5. The zero-order chi connectivity index (χ0) is 35.2. The van der Waals surface area contributed by atoms with E-state index in [4.69, 9.17) is 4.74 Å². The lowest BCUT2D eigenvalue weighted by Crippen LogP contribution is -2.31. The number of rotatable bonds is 7. The molecule has 0 bridgehead atoms. The molecule has 8 rings (SSSR count). The zero-order valence-electron chi connectivity index (χ0n) is 30.0. The minimum Gasteiger partial charge on any atom is -0.457 e. The van der Waals surface area contributed by atoms with E-state index in [-0.39, 0.29) is 0 Å². The summed E-state index contributed by atoms with van der Waals surface area (Å²) in [6.07, 6.45) is 6.19. The molecule has 0 saturated heterocycles. The van der Waals surface area contributed by atoms with Crippen LogP contribution in [0.4, 0.5) is 0 Å². The molecule has 0 aliphatic carbocycles. The van der Waals surface area contributed by atoms with Crippen molar-refractivity contribution in [3.8, 4) is 50.8 Å². The molecule has 2 heterocycles. The van der Waals surface area contributed by atoms with E-state index in [0.717, 1.165) is 50.6 Å². The van der Waals surface area contributed by atoms with Crippen LogP contribution in [0.25, 0.3) is 50.3 Å². The molecule has 5 nitrogen and oxygen atoms in total. The highest BCUT2D eigenvalue weighted by molar-refractivity contribution is 5.83. The molecule has 2 aromatic heterocycles. The van der Waals surface area contributed by atoms with E-state index in [0.29, 0.717) is 0 Å². The van der Waals surface area contributed by atoms with Crippen LogP contribution in [-0.4, -0.2) is 14.3 Å². The summed E-state index contributed by atoms with van der Waals surface area (Å²) in [5.41, 5.74) is 17.6. The molecular formula is C46H41N4O+. The minimum atomic E-state index is 0.740. The van der Waals surface area contributed by atoms with Crippen molar-refractivity contribution in [1.29, 1.82) is 0 Å². The summed E-state index contributed by atoms with van der Waals surface area (Å²) in [5.74, 6) is 1.50. The van der Waals surface area contributed by atoms with Gasteiger partial charge in [-0.1, -0.05) is 83.9 Å². The first-order chi connectivity index (χ1) is 24.7. The highest BCUT2D eigenvalue weighted by Gasteiger charge is 2.25. The fraction of sp³-hybridized carbons (Fsp3) is 0.130. The molecule has 0 unspecified atom stereocenters. The minimum absolute atomic E-state index is 0.740. The summed E-state index contributed by atoms with van der Waals surface area (Å²) >= 11 is 0. The van der Waals surface area contributed by atoms with E-state index in [1.165, 1.54) is 44.6 Å². The van der Waals surface area contributed by atoms with Gasteiger partial charge in [0.25, 0.3) is 6.33 Å². The second-order valence-electron chi connectivity index (χ2n) is 13.7. The van der Waals surface area contributed by atoms with Crippen LogP contribution < -0.4 is 9.30 Å². The van der Waals surface area contributed by atoms with Crippen molar-refractivity contribution in [2.75, 3.05) is 0 Å². The highest BCUT2D eigenvalue weighted by Crippen LogP contribution is 2.38. The van der Waals surface area contributed by atoms with Gasteiger partial charge in [0.1, 0.15) is 22.9 Å². The quantitative estimate of drug-likeness (QED) is 0.159. The zero-order valence-corrected chi connectivity index (χ0v) is 30.0. The van der Waals surface area contributed by atoms with Crippen molar-refractivity contribution in [2.24, 2.45) is 0 Å². The van der Waals surface area contributed by atoms with Gasteiger partial charge in [0, 0.05) is 29.5 Å². The summed E-state index contributed by atoms with van der Waals surface area (Å²) in [6.45, 7) is 13.1. The molecule has 250 valence electrons. The number of hydrogen-bond donors (Lipinski definition) is 0. The van der Waals surface area contributed by atoms with E-state index in [1.54, 1.807) is 0 Å². The van der Waals surface area contributed by atoms with Crippen LogP contribution in [0.5, 0.6) is 11.5 Å². The van der Waals surface area contributed by atoms with Crippen molar-refractivity contribution in [3.05, 3.63) is 173 Å². The number of benzene rings is 6. The maximum atomic E-state index is 6.66. The maximum Gasteiger partial charge on any atom is 0.255 e. The first kappa shape index (κ1) is 32.0. The average molecular weight is 666 g/mol. The molecule has 51 heavy (non-hydrogen) atoms. The first-order valence-corrected chi connectivity index (χ1v) is 17.4. The molecule has 0 fully saturated rings. The van der Waals surface area contributed by atoms with Gasteiger partial charge >= 0.3 is 0 Å². The number of nitrogens with zero attached hydrogens (tertiary/aromatic N) is 4. The molecule has 6 aromatic carbocycles. The maximum absolute atomic E-state index is 6.66. The lowest BCUT2D eigenvalue weighted by Gasteiger charge is -2.16. The van der Waals surface area contributed by atoms with Crippen LogP contribution in [0.15, 0.2) is 140 Å². The third-order valence-corrected chi connectivity index (χ3v) is 9.69. The van der Waals surface area contributed by atoms with E-state index in [2.05, 4.69) is 147 Å². The Hall–Kier alpha value is -6.20. The Bertz CT molecular complexity index is 2530. The molecule has 0 amide bonds. The normalized spacial score (nSPS) is 11.3. The Morgan fingerprint density at radius 2 is 1.25 bits per heavy atom. The Morgan fingerprint density at radius 1 is 0.588 bits per heavy atom. The van der Waals surface area contributed by atoms with Crippen LogP contribution in [0.2, 0.25) is 0 Å². The summed E-state index contributed by atoms with van der Waals surface area (Å²) in [4.78, 5) is 0. The van der Waals surface area contributed by atoms with Gasteiger partial charge < -0.3 is 4.74 Å². The number of hydrogen-bond acceptors (Lipinski definition) is 2. The van der Waals surface area contributed by atoms with Crippen LogP contribution in [0.1, 0.15) is 33.4 Å². The molecule has 0 atom stereocenters. The topological polar surface area (TPSA) is 35.9 Å². The fourth-order valence-corrected chi connectivity index (χ4v) is 7.69. The Balaban J connectivity index is 1.26. The summed E-state index contributed by atoms with van der Waals surface area (Å²) in [7, 11) is 0. The van der Waals surface area contributed by atoms with Gasteiger partial charge in [-0.25, -0.2) is 4.68 Å². The first-order valence-electron chi connectivity index (χ1n) is 17.4. The van der Waals surface area contributed by atoms with Crippen molar-refractivity contribution in [1.82, 2.24) is 14.3 Å². The molecular weight excluding hydrogens is 625 g/mol. The second kappa shape index (κ2) is 12.9. The van der Waals surface area contributed by atoms with Crippen LogP contribution in [-0.2, 0) is 0 Å². The van der Waals surface area contributed by atoms with Gasteiger partial charge in [0.15, 0.2) is 11.0 Å². The van der Waals surface area contributed by atoms with Gasteiger partial charge in [-0.3, -0.25) is 0 Å². The third-order valence-electron chi connectivity index (χ3n) is 9.69. The van der Waals surface area contributed by atoms with E-state index >= 15 is 0 Å². The van der Waals surface area contributed by atoms with Gasteiger partial charge in [0.2, 0.25) is 0 Å². The van der Waals surface area contributed by atoms with Crippen LogP contribution in [0, 0.1) is 41.5 Å². The average Bonchev–Trinajstić information content (AvgIpc) is 3.75. The summed E-state index contributed by atoms with van der Waals surface area (Å²) in [5, 5.41) is 4.66. The van der Waals surface area contributed by atoms with Crippen molar-refractivity contribution in [2.45, 2.75) is 41.5 Å². The molecule has 5 heteroatoms. The fourth-order valence-electron chi connectivity index (χ4n) is 7.69. The van der Waals surface area contributed by atoms with Crippen molar-refractivity contribution < 1.29 is 9.30 Å². The van der Waals surface area contributed by atoms with Crippen LogP contribution in [0.3, 0.4) is 0 Å². The van der Waals surface area contributed by atoms with Gasteiger partial charge in [-0.2, -0.15) is 14.2 Å². The Kier molecular flexibility index (Phi) is 8.12. The second-order valence-corrected chi connectivity index (χ2v) is 13.7. The SMILES string of the molecule is Cc1cc(C)c(-c2ccc(Oc3cccc(-n4cc(-c5ccccc5)cn4)c3)cc2-n2c[n+](-c3c(C)cc(C)cc3C)c3ccccc32)c(C)c1. The lowest BCUT2D eigenvalue weighted by atomic mass is 9.92. The van der Waals surface area contributed by atoms with Crippen LogP contribution >= 0.6 is 0 Å². The molecule has 0 N–H and O–H groups in total. The third kappa shape index (κ3) is 6.01. The number of imidazole rings is 1. The van der Waals surface area contributed by atoms with Gasteiger partial charge in [0.05, 0.1) is 11.9 Å². The van der Waals surface area contributed by atoms with Crippen molar-refractivity contribution >= 4 is 11.0 Å². The largest absolute Gasteiger partial charge is 0.457 e. The number of aromatic nitrogens is 4. The number of fused-ring (bicyclic) bond motifs is 1. The molecule has 0 spiro atoms.